The van der Waals surface area contributed by atoms with Crippen LogP contribution in [-0.2, 0) is 14.3 Å². The highest BCUT2D eigenvalue weighted by atomic mass is 35.5. The first-order valence-electron chi connectivity index (χ1n) is 8.02. The highest BCUT2D eigenvalue weighted by molar-refractivity contribution is 6.30. The van der Waals surface area contributed by atoms with E-state index in [4.69, 9.17) is 21.1 Å². The van der Waals surface area contributed by atoms with E-state index in [1.165, 1.54) is 6.08 Å². The summed E-state index contributed by atoms with van der Waals surface area (Å²) in [4.78, 5) is 23.7. The van der Waals surface area contributed by atoms with Crippen molar-refractivity contribution < 1.29 is 19.1 Å². The predicted molar refractivity (Wildman–Crippen MR) is 101 cm³/mol. The number of ether oxygens (including phenoxy) is 2. The average molecular weight is 374 g/mol. The zero-order valence-corrected chi connectivity index (χ0v) is 15.3. The van der Waals surface area contributed by atoms with Crippen LogP contribution in [0.15, 0.2) is 54.6 Å². The number of methoxy groups -OCH3 is 1. The third kappa shape index (κ3) is 5.93. The van der Waals surface area contributed by atoms with Crippen LogP contribution in [0.25, 0.3) is 6.08 Å². The first-order valence-corrected chi connectivity index (χ1v) is 8.40. The fourth-order valence-corrected chi connectivity index (χ4v) is 2.49. The molecule has 2 rings (SSSR count). The van der Waals surface area contributed by atoms with Gasteiger partial charge in [-0.05, 0) is 36.8 Å². The van der Waals surface area contributed by atoms with Crippen LogP contribution in [0, 0.1) is 0 Å². The van der Waals surface area contributed by atoms with E-state index >= 15 is 0 Å². The van der Waals surface area contributed by atoms with Crippen LogP contribution in [-0.4, -0.2) is 25.6 Å². The summed E-state index contributed by atoms with van der Waals surface area (Å²) in [7, 11) is 1.55. The van der Waals surface area contributed by atoms with Gasteiger partial charge in [-0.1, -0.05) is 41.9 Å². The van der Waals surface area contributed by atoms with Gasteiger partial charge in [-0.2, -0.15) is 0 Å². The lowest BCUT2D eigenvalue weighted by Gasteiger charge is -2.14. The maximum atomic E-state index is 11.9. The van der Waals surface area contributed by atoms with Gasteiger partial charge in [-0.15, -0.1) is 0 Å². The number of carbonyl (C=O) groups is 2. The second-order valence-corrected chi connectivity index (χ2v) is 5.96. The van der Waals surface area contributed by atoms with Crippen LogP contribution in [0.4, 0.5) is 0 Å². The molecule has 0 saturated heterocycles. The molecule has 0 aliphatic rings. The van der Waals surface area contributed by atoms with Crippen LogP contribution in [0.5, 0.6) is 5.75 Å². The quantitative estimate of drug-likeness (QED) is 0.592. The Balaban J connectivity index is 1.83. The number of hydrogen-bond acceptors (Lipinski definition) is 4. The summed E-state index contributed by atoms with van der Waals surface area (Å²) < 4.78 is 10.1. The van der Waals surface area contributed by atoms with E-state index in [9.17, 15) is 9.59 Å². The third-order valence-corrected chi connectivity index (χ3v) is 3.84. The molecular formula is C20H20ClNO4. The SMILES string of the molecule is COc1ccccc1/C=C/C(=O)OCC(=O)N[C@H](C)c1cccc(Cl)c1. The van der Waals surface area contributed by atoms with Gasteiger partial charge < -0.3 is 14.8 Å². The summed E-state index contributed by atoms with van der Waals surface area (Å²) in [6.45, 7) is 1.47. The zero-order chi connectivity index (χ0) is 18.9. The maximum absolute atomic E-state index is 11.9. The summed E-state index contributed by atoms with van der Waals surface area (Å²) in [5.41, 5.74) is 1.61. The van der Waals surface area contributed by atoms with E-state index < -0.39 is 11.9 Å². The number of benzene rings is 2. The lowest BCUT2D eigenvalue weighted by molar-refractivity contribution is -0.144. The van der Waals surface area contributed by atoms with Gasteiger partial charge in [0.2, 0.25) is 0 Å². The topological polar surface area (TPSA) is 64.6 Å². The van der Waals surface area contributed by atoms with Crippen LogP contribution < -0.4 is 10.1 Å². The largest absolute Gasteiger partial charge is 0.496 e. The molecule has 1 N–H and O–H groups in total. The fourth-order valence-electron chi connectivity index (χ4n) is 2.29. The number of carbonyl (C=O) groups excluding carboxylic acids is 2. The monoisotopic (exact) mass is 373 g/mol. The van der Waals surface area contributed by atoms with Crippen molar-refractivity contribution >= 4 is 29.6 Å². The Labute approximate surface area is 157 Å². The number of amides is 1. The predicted octanol–water partition coefficient (Wildman–Crippen LogP) is 3.78. The summed E-state index contributed by atoms with van der Waals surface area (Å²) in [5, 5.41) is 3.35. The van der Waals surface area contributed by atoms with E-state index in [0.29, 0.717) is 10.8 Å². The molecule has 0 heterocycles. The molecule has 136 valence electrons. The third-order valence-electron chi connectivity index (χ3n) is 3.61. The van der Waals surface area contributed by atoms with Crippen LogP contribution >= 0.6 is 11.6 Å². The Kier molecular flexibility index (Phi) is 7.24. The maximum Gasteiger partial charge on any atom is 0.331 e. The van der Waals surface area contributed by atoms with E-state index in [2.05, 4.69) is 5.32 Å². The second kappa shape index (κ2) is 9.63. The molecule has 2 aromatic rings. The molecule has 0 aromatic heterocycles. The molecule has 5 nitrogen and oxygen atoms in total. The first kappa shape index (κ1) is 19.5. The lowest BCUT2D eigenvalue weighted by Crippen LogP contribution is -2.30. The van der Waals surface area contributed by atoms with Gasteiger partial charge >= 0.3 is 5.97 Å². The molecule has 0 unspecified atom stereocenters. The van der Waals surface area contributed by atoms with E-state index in [-0.39, 0.29) is 12.6 Å². The smallest absolute Gasteiger partial charge is 0.331 e. The molecule has 0 bridgehead atoms. The summed E-state index contributed by atoms with van der Waals surface area (Å²) in [6, 6.07) is 14.2. The van der Waals surface area contributed by atoms with Crippen LogP contribution in [0.3, 0.4) is 0 Å². The van der Waals surface area contributed by atoms with Gasteiger partial charge in [0.25, 0.3) is 5.91 Å². The van der Waals surface area contributed by atoms with Crippen molar-refractivity contribution in [2.24, 2.45) is 0 Å². The number of nitrogens with one attached hydrogen (secondary N) is 1. The second-order valence-electron chi connectivity index (χ2n) is 5.53. The van der Waals surface area contributed by atoms with Gasteiger partial charge in [-0.3, -0.25) is 4.79 Å². The molecule has 26 heavy (non-hydrogen) atoms. The van der Waals surface area contributed by atoms with Crippen molar-refractivity contribution in [2.75, 3.05) is 13.7 Å². The summed E-state index contributed by atoms with van der Waals surface area (Å²) in [5.74, 6) is -0.359. The Hall–Kier alpha value is -2.79. The van der Waals surface area contributed by atoms with Crippen LogP contribution in [0.1, 0.15) is 24.1 Å². The number of halogens is 1. The molecule has 0 fully saturated rings. The van der Waals surface area contributed by atoms with Gasteiger partial charge in [0, 0.05) is 16.7 Å². The average Bonchev–Trinajstić information content (AvgIpc) is 2.64. The highest BCUT2D eigenvalue weighted by Gasteiger charge is 2.11. The molecule has 0 saturated carbocycles. The zero-order valence-electron chi connectivity index (χ0n) is 14.6. The normalized spacial score (nSPS) is 11.8. The Morgan fingerprint density at radius 1 is 1.19 bits per heavy atom. The number of para-hydroxylation sites is 1. The Bertz CT molecular complexity index is 804. The van der Waals surface area contributed by atoms with Gasteiger partial charge in [0.1, 0.15) is 5.75 Å². The van der Waals surface area contributed by atoms with Crippen molar-refractivity contribution in [2.45, 2.75) is 13.0 Å². The molecule has 1 atom stereocenters. The Morgan fingerprint density at radius 2 is 1.96 bits per heavy atom. The lowest BCUT2D eigenvalue weighted by atomic mass is 10.1. The minimum atomic E-state index is -0.610. The molecule has 0 radical (unpaired) electrons. The van der Waals surface area contributed by atoms with Gasteiger partial charge in [0.15, 0.2) is 6.61 Å². The van der Waals surface area contributed by atoms with E-state index in [0.717, 1.165) is 11.1 Å². The summed E-state index contributed by atoms with van der Waals surface area (Å²) in [6.07, 6.45) is 2.83. The van der Waals surface area contributed by atoms with Crippen molar-refractivity contribution in [3.05, 3.63) is 70.8 Å². The standard InChI is InChI=1S/C20H20ClNO4/c1-14(16-7-5-8-17(21)12-16)22-19(23)13-26-20(24)11-10-15-6-3-4-9-18(15)25-2/h3-12,14H,13H2,1-2H3,(H,22,23)/b11-10+/t14-/m1/s1. The molecule has 6 heteroatoms. The minimum absolute atomic E-state index is 0.246. The minimum Gasteiger partial charge on any atom is -0.496 e. The molecule has 1 amide bonds. The van der Waals surface area contributed by atoms with Crippen molar-refractivity contribution in [1.29, 1.82) is 0 Å². The molecule has 0 aliphatic heterocycles. The summed E-state index contributed by atoms with van der Waals surface area (Å²) >= 11 is 5.94. The van der Waals surface area contributed by atoms with Crippen molar-refractivity contribution in [3.8, 4) is 5.75 Å². The number of esters is 1. The van der Waals surface area contributed by atoms with Crippen molar-refractivity contribution in [3.63, 3.8) is 0 Å². The first-order chi connectivity index (χ1) is 12.5. The number of rotatable bonds is 7. The van der Waals surface area contributed by atoms with E-state index in [1.54, 1.807) is 31.4 Å². The molecule has 2 aromatic carbocycles. The van der Waals surface area contributed by atoms with Crippen molar-refractivity contribution in [1.82, 2.24) is 5.32 Å². The molecule has 0 aliphatic carbocycles. The highest BCUT2D eigenvalue weighted by Crippen LogP contribution is 2.19. The Morgan fingerprint density at radius 3 is 2.69 bits per heavy atom. The number of hydrogen-bond donors (Lipinski definition) is 1. The molecular weight excluding hydrogens is 354 g/mol. The van der Waals surface area contributed by atoms with E-state index in [1.807, 2.05) is 37.3 Å². The van der Waals surface area contributed by atoms with Gasteiger partial charge in [0.05, 0.1) is 13.2 Å². The van der Waals surface area contributed by atoms with Gasteiger partial charge in [-0.25, -0.2) is 4.79 Å². The molecule has 0 spiro atoms. The van der Waals surface area contributed by atoms with Crippen LogP contribution in [0.2, 0.25) is 5.02 Å². The fraction of sp³-hybridized carbons (Fsp3) is 0.200.